The fraction of sp³-hybridized carbons (Fsp3) is 0.357. The van der Waals surface area contributed by atoms with E-state index in [9.17, 15) is 9.59 Å². The Morgan fingerprint density at radius 2 is 2.05 bits per heavy atom. The molecule has 1 heterocycles. The molecule has 1 saturated heterocycles. The molecule has 0 bridgehead atoms. The van der Waals surface area contributed by atoms with Crippen molar-refractivity contribution >= 4 is 17.7 Å². The summed E-state index contributed by atoms with van der Waals surface area (Å²) in [4.78, 5) is 23.9. The lowest BCUT2D eigenvalue weighted by atomic mass is 9.97. The van der Waals surface area contributed by atoms with Gasteiger partial charge >= 0.3 is 12.0 Å². The number of nitrogens with one attached hydrogen (secondary N) is 1. The lowest BCUT2D eigenvalue weighted by Crippen LogP contribution is -2.64. The minimum atomic E-state index is -1.03. The number of carbonyl (C=O) groups excluding carboxylic acids is 1. The molecule has 2 N–H and O–H groups in total. The molecule has 1 aliphatic rings. The highest BCUT2D eigenvalue weighted by Gasteiger charge is 2.42. The van der Waals surface area contributed by atoms with Gasteiger partial charge in [-0.05, 0) is 31.2 Å². The second-order valence-electron chi connectivity index (χ2n) is 5.11. The van der Waals surface area contributed by atoms with Gasteiger partial charge in [-0.1, -0.05) is 0 Å². The fourth-order valence-electron chi connectivity index (χ4n) is 2.06. The maximum atomic E-state index is 12.0. The van der Waals surface area contributed by atoms with Crippen LogP contribution in [-0.4, -0.2) is 47.3 Å². The first kappa shape index (κ1) is 14.8. The highest BCUT2D eigenvalue weighted by molar-refractivity contribution is 5.90. The molecule has 1 fully saturated rings. The summed E-state index contributed by atoms with van der Waals surface area (Å²) in [6.45, 7) is 2.06. The highest BCUT2D eigenvalue weighted by atomic mass is 16.5. The number of ether oxygens (including phenoxy) is 1. The maximum Gasteiger partial charge on any atom is 0.329 e. The fourth-order valence-corrected chi connectivity index (χ4v) is 2.06. The van der Waals surface area contributed by atoms with Gasteiger partial charge in [-0.25, -0.2) is 9.59 Å². The molecular weight excluding hydrogens is 274 g/mol. The van der Waals surface area contributed by atoms with E-state index in [0.29, 0.717) is 24.3 Å². The van der Waals surface area contributed by atoms with Crippen molar-refractivity contribution in [3.8, 4) is 6.07 Å². The van der Waals surface area contributed by atoms with Crippen molar-refractivity contribution in [1.29, 1.82) is 5.26 Å². The SMILES string of the molecule is CC1(OCC(=O)O)CN(C(=O)Nc2ccc(C#N)cc2)C1. The number of urea groups is 1. The Balaban J connectivity index is 1.83. The third-order valence-corrected chi connectivity index (χ3v) is 3.15. The van der Waals surface area contributed by atoms with E-state index in [1.165, 1.54) is 4.90 Å². The molecule has 2 rings (SSSR count). The van der Waals surface area contributed by atoms with Gasteiger partial charge in [-0.15, -0.1) is 0 Å². The van der Waals surface area contributed by atoms with Gasteiger partial charge in [0.15, 0.2) is 0 Å². The zero-order valence-electron chi connectivity index (χ0n) is 11.5. The van der Waals surface area contributed by atoms with Gasteiger partial charge in [-0.2, -0.15) is 5.26 Å². The van der Waals surface area contributed by atoms with Crippen LogP contribution in [-0.2, 0) is 9.53 Å². The monoisotopic (exact) mass is 289 g/mol. The molecule has 0 saturated carbocycles. The Bertz CT molecular complexity index is 585. The average molecular weight is 289 g/mol. The largest absolute Gasteiger partial charge is 0.480 e. The lowest BCUT2D eigenvalue weighted by molar-refractivity contribution is -0.159. The van der Waals surface area contributed by atoms with Crippen LogP contribution in [0.25, 0.3) is 0 Å². The van der Waals surface area contributed by atoms with Crippen LogP contribution in [0.1, 0.15) is 12.5 Å². The van der Waals surface area contributed by atoms with Crippen LogP contribution in [0.4, 0.5) is 10.5 Å². The number of benzene rings is 1. The van der Waals surface area contributed by atoms with E-state index in [1.807, 2.05) is 6.07 Å². The number of anilines is 1. The topological polar surface area (TPSA) is 103 Å². The Morgan fingerprint density at radius 3 is 2.57 bits per heavy atom. The van der Waals surface area contributed by atoms with E-state index < -0.39 is 11.6 Å². The number of nitriles is 1. The molecule has 0 unspecified atom stereocenters. The number of hydrogen-bond donors (Lipinski definition) is 2. The molecule has 0 atom stereocenters. The number of hydrogen-bond acceptors (Lipinski definition) is 4. The molecule has 0 radical (unpaired) electrons. The van der Waals surface area contributed by atoms with Gasteiger partial charge in [0, 0.05) is 5.69 Å². The summed E-state index contributed by atoms with van der Waals surface area (Å²) in [5, 5.41) is 20.0. The summed E-state index contributed by atoms with van der Waals surface area (Å²) in [6, 6.07) is 8.25. The summed E-state index contributed by atoms with van der Waals surface area (Å²) in [6.07, 6.45) is 0. The van der Waals surface area contributed by atoms with Crippen molar-refractivity contribution in [1.82, 2.24) is 4.90 Å². The number of aliphatic carboxylic acids is 1. The number of amides is 2. The van der Waals surface area contributed by atoms with Gasteiger partial charge < -0.3 is 20.1 Å². The molecule has 2 amide bonds. The molecule has 0 aromatic heterocycles. The van der Waals surface area contributed by atoms with Gasteiger partial charge in [0.05, 0.1) is 24.7 Å². The number of carboxylic acid groups (broad SMARTS) is 1. The van der Waals surface area contributed by atoms with E-state index >= 15 is 0 Å². The molecule has 1 aromatic carbocycles. The first-order valence-electron chi connectivity index (χ1n) is 6.34. The van der Waals surface area contributed by atoms with E-state index in [0.717, 1.165) is 0 Å². The second kappa shape index (κ2) is 5.81. The molecule has 7 heteroatoms. The van der Waals surface area contributed by atoms with Crippen molar-refractivity contribution in [3.05, 3.63) is 29.8 Å². The van der Waals surface area contributed by atoms with Crippen LogP contribution in [0.15, 0.2) is 24.3 Å². The summed E-state index contributed by atoms with van der Waals surface area (Å²) < 4.78 is 5.23. The highest BCUT2D eigenvalue weighted by Crippen LogP contribution is 2.25. The van der Waals surface area contributed by atoms with Gasteiger partial charge in [0.2, 0.25) is 0 Å². The van der Waals surface area contributed by atoms with Crippen LogP contribution < -0.4 is 5.32 Å². The summed E-state index contributed by atoms with van der Waals surface area (Å²) in [7, 11) is 0. The minimum absolute atomic E-state index is 0.281. The number of carbonyl (C=O) groups is 2. The van der Waals surface area contributed by atoms with E-state index in [4.69, 9.17) is 15.1 Å². The zero-order chi connectivity index (χ0) is 15.5. The van der Waals surface area contributed by atoms with E-state index in [1.54, 1.807) is 31.2 Å². The normalized spacial score (nSPS) is 15.7. The van der Waals surface area contributed by atoms with Crippen molar-refractivity contribution < 1.29 is 19.4 Å². The summed E-state index contributed by atoms with van der Waals surface area (Å²) in [5.74, 6) is -1.03. The minimum Gasteiger partial charge on any atom is -0.480 e. The van der Waals surface area contributed by atoms with Crippen molar-refractivity contribution in [2.45, 2.75) is 12.5 Å². The van der Waals surface area contributed by atoms with Crippen LogP contribution in [0.5, 0.6) is 0 Å². The van der Waals surface area contributed by atoms with Crippen molar-refractivity contribution in [2.75, 3.05) is 25.0 Å². The van der Waals surface area contributed by atoms with Gasteiger partial charge in [0.25, 0.3) is 0 Å². The standard InChI is InChI=1S/C14H15N3O4/c1-14(21-7-12(18)19)8-17(9-14)13(20)16-11-4-2-10(6-15)3-5-11/h2-5H,7-9H2,1H3,(H,16,20)(H,18,19). The lowest BCUT2D eigenvalue weighted by Gasteiger charge is -2.46. The molecule has 0 spiro atoms. The van der Waals surface area contributed by atoms with E-state index in [2.05, 4.69) is 5.32 Å². The Hall–Kier alpha value is -2.59. The van der Waals surface area contributed by atoms with Crippen LogP contribution in [0.3, 0.4) is 0 Å². The molecule has 1 aliphatic heterocycles. The first-order valence-corrected chi connectivity index (χ1v) is 6.34. The third-order valence-electron chi connectivity index (χ3n) is 3.15. The van der Waals surface area contributed by atoms with Crippen LogP contribution >= 0.6 is 0 Å². The molecule has 0 aliphatic carbocycles. The first-order chi connectivity index (χ1) is 9.92. The predicted octanol–water partition coefficient (Wildman–Crippen LogP) is 1.27. The maximum absolute atomic E-state index is 12.0. The third kappa shape index (κ3) is 3.70. The van der Waals surface area contributed by atoms with Crippen LogP contribution in [0.2, 0.25) is 0 Å². The summed E-state index contributed by atoms with van der Waals surface area (Å²) in [5.41, 5.74) is 0.506. The smallest absolute Gasteiger partial charge is 0.329 e. The molecule has 7 nitrogen and oxygen atoms in total. The molecular formula is C14H15N3O4. The second-order valence-corrected chi connectivity index (χ2v) is 5.11. The van der Waals surface area contributed by atoms with Gasteiger partial charge in [-0.3, -0.25) is 0 Å². The number of carboxylic acids is 1. The Labute approximate surface area is 121 Å². The number of rotatable bonds is 4. The number of likely N-dealkylation sites (tertiary alicyclic amines) is 1. The van der Waals surface area contributed by atoms with Crippen molar-refractivity contribution in [3.63, 3.8) is 0 Å². The quantitative estimate of drug-likeness (QED) is 0.868. The predicted molar refractivity (Wildman–Crippen MR) is 73.7 cm³/mol. The average Bonchev–Trinajstić information content (AvgIpc) is 2.43. The van der Waals surface area contributed by atoms with Crippen molar-refractivity contribution in [2.24, 2.45) is 0 Å². The molecule has 110 valence electrons. The van der Waals surface area contributed by atoms with E-state index in [-0.39, 0.29) is 12.6 Å². The summed E-state index contributed by atoms with van der Waals surface area (Å²) >= 11 is 0. The Kier molecular flexibility index (Phi) is 4.10. The van der Waals surface area contributed by atoms with Crippen LogP contribution in [0, 0.1) is 11.3 Å². The van der Waals surface area contributed by atoms with Gasteiger partial charge in [0.1, 0.15) is 12.2 Å². The molecule has 1 aromatic rings. The number of nitrogens with zero attached hydrogens (tertiary/aromatic N) is 2. The zero-order valence-corrected chi connectivity index (χ0v) is 11.5. The Morgan fingerprint density at radius 1 is 1.43 bits per heavy atom. The molecule has 21 heavy (non-hydrogen) atoms.